The van der Waals surface area contributed by atoms with E-state index < -0.39 is 0 Å². The van der Waals surface area contributed by atoms with Crippen LogP contribution in [0.2, 0.25) is 5.15 Å². The van der Waals surface area contributed by atoms with Gasteiger partial charge < -0.3 is 20.0 Å². The second kappa shape index (κ2) is 8.64. The first-order chi connectivity index (χ1) is 15.2. The molecule has 9 heteroatoms. The van der Waals surface area contributed by atoms with E-state index in [0.29, 0.717) is 11.7 Å². The van der Waals surface area contributed by atoms with E-state index in [4.69, 9.17) is 21.6 Å². The highest BCUT2D eigenvalue weighted by atomic mass is 35.5. The van der Waals surface area contributed by atoms with Crippen LogP contribution in [0, 0.1) is 0 Å². The van der Waals surface area contributed by atoms with Crippen LogP contribution in [-0.4, -0.2) is 71.2 Å². The average molecular weight is 437 g/mol. The zero-order chi connectivity index (χ0) is 21.2. The topological polar surface area (TPSA) is 73.3 Å². The van der Waals surface area contributed by atoms with E-state index in [-0.39, 0.29) is 0 Å². The summed E-state index contributed by atoms with van der Waals surface area (Å²) in [4.78, 5) is 25.3. The molecule has 1 N–H and O–H groups in total. The number of fused-ring (bicyclic) bond motifs is 1. The van der Waals surface area contributed by atoms with Crippen LogP contribution in [0.25, 0.3) is 11.3 Å². The largest absolute Gasteiger partial charge is 0.365 e. The molecule has 3 aromatic rings. The lowest BCUT2D eigenvalue weighted by atomic mass is 10.2. The number of pyridine rings is 2. The molecule has 31 heavy (non-hydrogen) atoms. The van der Waals surface area contributed by atoms with Crippen LogP contribution in [-0.2, 0) is 6.54 Å². The van der Waals surface area contributed by atoms with Crippen molar-refractivity contribution in [3.8, 4) is 11.3 Å². The van der Waals surface area contributed by atoms with Gasteiger partial charge in [-0.15, -0.1) is 0 Å². The minimum absolute atomic E-state index is 0.524. The molecular weight excluding hydrogens is 412 g/mol. The van der Waals surface area contributed by atoms with Gasteiger partial charge in [0.1, 0.15) is 11.0 Å². The zero-order valence-electron chi connectivity index (χ0n) is 17.5. The Kier molecular flexibility index (Phi) is 5.57. The highest BCUT2D eigenvalue weighted by Gasteiger charge is 2.22. The fourth-order valence-corrected chi connectivity index (χ4v) is 4.11. The summed E-state index contributed by atoms with van der Waals surface area (Å²) in [6, 6.07) is 8.05. The van der Waals surface area contributed by atoms with Gasteiger partial charge in [0.15, 0.2) is 11.6 Å². The zero-order valence-corrected chi connectivity index (χ0v) is 18.3. The van der Waals surface area contributed by atoms with Crippen LogP contribution in [0.3, 0.4) is 0 Å². The number of rotatable bonds is 4. The Morgan fingerprint density at radius 1 is 1.00 bits per heavy atom. The van der Waals surface area contributed by atoms with Crippen LogP contribution in [0.5, 0.6) is 0 Å². The minimum atomic E-state index is 0.524. The number of nitrogens with one attached hydrogen (secondary N) is 1. The van der Waals surface area contributed by atoms with Crippen molar-refractivity contribution in [1.29, 1.82) is 0 Å². The summed E-state index contributed by atoms with van der Waals surface area (Å²) in [6.07, 6.45) is 5.40. The first-order valence-corrected chi connectivity index (χ1v) is 10.9. The third-order valence-electron chi connectivity index (χ3n) is 5.80. The molecule has 0 bridgehead atoms. The Morgan fingerprint density at radius 3 is 2.65 bits per heavy atom. The second-order valence-electron chi connectivity index (χ2n) is 7.92. The maximum absolute atomic E-state index is 6.28. The molecule has 8 nitrogen and oxygen atoms in total. The van der Waals surface area contributed by atoms with E-state index in [2.05, 4.69) is 49.2 Å². The lowest BCUT2D eigenvalue weighted by molar-refractivity contribution is 0.312. The van der Waals surface area contributed by atoms with Gasteiger partial charge in [0.25, 0.3) is 0 Å². The summed E-state index contributed by atoms with van der Waals surface area (Å²) in [5.41, 5.74) is 2.74. The van der Waals surface area contributed by atoms with Gasteiger partial charge in [0.2, 0.25) is 0 Å². The van der Waals surface area contributed by atoms with E-state index in [1.165, 1.54) is 0 Å². The van der Waals surface area contributed by atoms with Gasteiger partial charge in [0, 0.05) is 69.3 Å². The maximum atomic E-state index is 6.28. The summed E-state index contributed by atoms with van der Waals surface area (Å²) in [7, 11) is 2.16. The molecule has 0 unspecified atom stereocenters. The van der Waals surface area contributed by atoms with Crippen LogP contribution in [0.1, 0.15) is 5.56 Å². The van der Waals surface area contributed by atoms with Crippen molar-refractivity contribution in [2.45, 2.75) is 6.54 Å². The molecule has 1 fully saturated rings. The van der Waals surface area contributed by atoms with E-state index >= 15 is 0 Å². The van der Waals surface area contributed by atoms with E-state index in [1.54, 1.807) is 12.4 Å². The minimum Gasteiger partial charge on any atom is -0.365 e. The molecule has 2 aliphatic rings. The first kappa shape index (κ1) is 20.0. The van der Waals surface area contributed by atoms with Crippen molar-refractivity contribution in [2.75, 3.05) is 61.4 Å². The Hall–Kier alpha value is -2.97. The van der Waals surface area contributed by atoms with E-state index in [9.17, 15) is 0 Å². The molecular formula is C22H25ClN8. The number of hydrogen-bond donors (Lipinski definition) is 1. The highest BCUT2D eigenvalue weighted by molar-refractivity contribution is 6.30. The number of anilines is 3. The molecule has 0 amide bonds. The molecule has 0 radical (unpaired) electrons. The van der Waals surface area contributed by atoms with Crippen LogP contribution in [0.15, 0.2) is 42.9 Å². The molecule has 0 saturated carbocycles. The Morgan fingerprint density at radius 2 is 1.87 bits per heavy atom. The van der Waals surface area contributed by atoms with Gasteiger partial charge in [0.05, 0.1) is 11.9 Å². The summed E-state index contributed by atoms with van der Waals surface area (Å²) >= 11 is 6.28. The standard InChI is InChI=1S/C22H25ClN8/c1-29-9-11-30(12-10-29)19-5-4-16(13-26-19)18-14-27-21-22(28-18)31(8-7-25-21)15-17-3-2-6-24-20(17)23/h2-6,13-14H,7-12,15H2,1H3,(H,25,27). The summed E-state index contributed by atoms with van der Waals surface area (Å²) in [5.74, 6) is 2.63. The van der Waals surface area contributed by atoms with Gasteiger partial charge in [-0.25, -0.2) is 19.9 Å². The molecule has 0 aromatic carbocycles. The molecule has 0 spiro atoms. The molecule has 5 rings (SSSR count). The van der Waals surface area contributed by atoms with Gasteiger partial charge in [-0.2, -0.15) is 0 Å². The molecule has 5 heterocycles. The Labute approximate surface area is 186 Å². The van der Waals surface area contributed by atoms with Gasteiger partial charge in [-0.1, -0.05) is 17.7 Å². The van der Waals surface area contributed by atoms with Crippen molar-refractivity contribution in [3.05, 3.63) is 53.6 Å². The number of aromatic nitrogens is 4. The van der Waals surface area contributed by atoms with Crippen molar-refractivity contribution < 1.29 is 0 Å². The smallest absolute Gasteiger partial charge is 0.172 e. The van der Waals surface area contributed by atoms with Gasteiger partial charge in [-0.3, -0.25) is 0 Å². The lowest BCUT2D eigenvalue weighted by Crippen LogP contribution is -2.44. The van der Waals surface area contributed by atoms with Crippen LogP contribution >= 0.6 is 11.6 Å². The van der Waals surface area contributed by atoms with E-state index in [1.807, 2.05) is 18.3 Å². The first-order valence-electron chi connectivity index (χ1n) is 10.5. The van der Waals surface area contributed by atoms with Crippen molar-refractivity contribution in [3.63, 3.8) is 0 Å². The van der Waals surface area contributed by atoms with Crippen molar-refractivity contribution in [2.24, 2.45) is 0 Å². The quantitative estimate of drug-likeness (QED) is 0.626. The second-order valence-corrected chi connectivity index (χ2v) is 8.28. The lowest BCUT2D eigenvalue weighted by Gasteiger charge is -2.33. The molecule has 3 aromatic heterocycles. The van der Waals surface area contributed by atoms with Gasteiger partial charge in [-0.05, 0) is 25.2 Å². The average Bonchev–Trinajstić information content (AvgIpc) is 2.81. The Bertz CT molecular complexity index is 1050. The predicted molar refractivity (Wildman–Crippen MR) is 124 cm³/mol. The van der Waals surface area contributed by atoms with Crippen LogP contribution in [0.4, 0.5) is 17.5 Å². The van der Waals surface area contributed by atoms with E-state index in [0.717, 1.165) is 73.5 Å². The monoisotopic (exact) mass is 436 g/mol. The summed E-state index contributed by atoms with van der Waals surface area (Å²) < 4.78 is 0. The number of piperazine rings is 1. The maximum Gasteiger partial charge on any atom is 0.172 e. The van der Waals surface area contributed by atoms with Crippen molar-refractivity contribution in [1.82, 2.24) is 24.8 Å². The number of likely N-dealkylation sites (N-methyl/N-ethyl adjacent to an activating group) is 1. The third-order valence-corrected chi connectivity index (χ3v) is 6.14. The Balaban J connectivity index is 1.38. The predicted octanol–water partition coefficient (Wildman–Crippen LogP) is 2.77. The van der Waals surface area contributed by atoms with Crippen LogP contribution < -0.4 is 15.1 Å². The SMILES string of the molecule is CN1CCN(c2ccc(-c3cnc4c(n3)N(Cc3cccnc3Cl)CCN4)cn2)CC1. The fraction of sp³-hybridized carbons (Fsp3) is 0.364. The normalized spacial score (nSPS) is 16.7. The molecule has 160 valence electrons. The molecule has 2 aliphatic heterocycles. The van der Waals surface area contributed by atoms with Gasteiger partial charge >= 0.3 is 0 Å². The molecule has 0 atom stereocenters. The van der Waals surface area contributed by atoms with Crippen molar-refractivity contribution >= 4 is 29.1 Å². The molecule has 0 aliphatic carbocycles. The number of hydrogen-bond acceptors (Lipinski definition) is 8. The third kappa shape index (κ3) is 4.26. The molecule has 1 saturated heterocycles. The fourth-order valence-electron chi connectivity index (χ4n) is 3.94. The number of halogens is 1. The highest BCUT2D eigenvalue weighted by Crippen LogP contribution is 2.30. The number of nitrogens with zero attached hydrogens (tertiary/aromatic N) is 7. The summed E-state index contributed by atoms with van der Waals surface area (Å²) in [5, 5.41) is 3.86. The summed E-state index contributed by atoms with van der Waals surface area (Å²) in [6.45, 7) is 6.38.